The standard InChI is InChI=1S/C26H19ClN4O3S2.C2H6O/c1-2-33-26(32)23-20(34-24(30)18(13-29)22(23)15-5-8-17(27)9-6-15)14-36-25-16(12-28)7-10-19(31-25)21-4-3-11-35-21;1-2-3/h3-11,22H,2,14,30H2,1H3;3H,2H2,1H3. The average molecular weight is 581 g/mol. The molecule has 4 rings (SSSR count). The van der Waals surface area contributed by atoms with Gasteiger partial charge in [0.1, 0.15) is 28.5 Å². The first-order chi connectivity index (χ1) is 18.9. The lowest BCUT2D eigenvalue weighted by molar-refractivity contribution is -0.139. The number of nitrogens with zero attached hydrogens (tertiary/aromatic N) is 3. The number of allylic oxidation sites excluding steroid dienone is 1. The summed E-state index contributed by atoms with van der Waals surface area (Å²) in [5, 5.41) is 30.0. The van der Waals surface area contributed by atoms with Gasteiger partial charge in [-0.25, -0.2) is 9.78 Å². The van der Waals surface area contributed by atoms with Crippen molar-refractivity contribution in [3.05, 3.63) is 92.8 Å². The molecular formula is C28H25ClN4O4S2. The number of nitriles is 2. The number of carbonyl (C=O) groups excluding carboxylic acids is 1. The van der Waals surface area contributed by atoms with E-state index in [0.29, 0.717) is 21.2 Å². The van der Waals surface area contributed by atoms with Crippen LogP contribution in [-0.4, -0.2) is 35.0 Å². The maximum atomic E-state index is 13.1. The number of ether oxygens (including phenoxy) is 2. The summed E-state index contributed by atoms with van der Waals surface area (Å²) in [6.45, 7) is 3.77. The van der Waals surface area contributed by atoms with Crippen LogP contribution in [0.1, 0.15) is 30.9 Å². The van der Waals surface area contributed by atoms with Gasteiger partial charge in [-0.2, -0.15) is 10.5 Å². The summed E-state index contributed by atoms with van der Waals surface area (Å²) >= 11 is 8.84. The number of halogens is 1. The molecule has 1 unspecified atom stereocenters. The lowest BCUT2D eigenvalue weighted by Crippen LogP contribution is -2.27. The molecule has 0 saturated carbocycles. The highest BCUT2D eigenvalue weighted by atomic mass is 35.5. The summed E-state index contributed by atoms with van der Waals surface area (Å²) in [7, 11) is 0. The SMILES string of the molecule is CCO.CCOC(=O)C1=C(CSc2nc(-c3cccs3)ccc2C#N)OC(N)=C(C#N)C1c1ccc(Cl)cc1. The second-order valence-electron chi connectivity index (χ2n) is 7.78. The van der Waals surface area contributed by atoms with E-state index in [0.717, 1.165) is 10.6 Å². The zero-order chi connectivity index (χ0) is 28.4. The third kappa shape index (κ3) is 7.20. The molecule has 8 nitrogen and oxygen atoms in total. The number of carbonyl (C=O) groups is 1. The van der Waals surface area contributed by atoms with E-state index >= 15 is 0 Å². The minimum Gasteiger partial charge on any atom is -0.463 e. The Morgan fingerprint density at radius 3 is 2.51 bits per heavy atom. The van der Waals surface area contributed by atoms with Crippen LogP contribution in [0.25, 0.3) is 10.6 Å². The first-order valence-corrected chi connectivity index (χ1v) is 14.0. The van der Waals surface area contributed by atoms with Crippen molar-refractivity contribution in [1.29, 1.82) is 10.5 Å². The number of aliphatic hydroxyl groups is 1. The Balaban J connectivity index is 0.00000134. The number of aromatic nitrogens is 1. The molecule has 0 bridgehead atoms. The van der Waals surface area contributed by atoms with Gasteiger partial charge in [-0.05, 0) is 55.1 Å². The lowest BCUT2D eigenvalue weighted by Gasteiger charge is -2.28. The highest BCUT2D eigenvalue weighted by Gasteiger charge is 2.37. The topological polar surface area (TPSA) is 142 Å². The fourth-order valence-electron chi connectivity index (χ4n) is 3.68. The monoisotopic (exact) mass is 580 g/mol. The molecular weight excluding hydrogens is 556 g/mol. The molecule has 0 amide bonds. The molecule has 200 valence electrons. The number of rotatable bonds is 7. The third-order valence-corrected chi connectivity index (χ3v) is 7.43. The van der Waals surface area contributed by atoms with Crippen molar-refractivity contribution in [1.82, 2.24) is 4.98 Å². The molecule has 1 aliphatic rings. The number of nitrogens with two attached hydrogens (primary N) is 1. The first-order valence-electron chi connectivity index (χ1n) is 11.8. The summed E-state index contributed by atoms with van der Waals surface area (Å²) in [5.41, 5.74) is 8.18. The third-order valence-electron chi connectivity index (χ3n) is 5.29. The Morgan fingerprint density at radius 1 is 1.21 bits per heavy atom. The van der Waals surface area contributed by atoms with E-state index in [9.17, 15) is 15.3 Å². The van der Waals surface area contributed by atoms with Crippen LogP contribution in [0.2, 0.25) is 5.02 Å². The average Bonchev–Trinajstić information content (AvgIpc) is 3.47. The van der Waals surface area contributed by atoms with Gasteiger partial charge in [0, 0.05) is 11.6 Å². The van der Waals surface area contributed by atoms with Crippen LogP contribution in [-0.2, 0) is 14.3 Å². The second kappa shape index (κ2) is 14.4. The van der Waals surface area contributed by atoms with Gasteiger partial charge in [0.2, 0.25) is 5.88 Å². The Bertz CT molecular complexity index is 1460. The van der Waals surface area contributed by atoms with Gasteiger partial charge in [0.05, 0.1) is 40.0 Å². The molecule has 1 atom stereocenters. The van der Waals surface area contributed by atoms with Crippen molar-refractivity contribution in [2.45, 2.75) is 24.8 Å². The molecule has 3 N–H and O–H groups in total. The molecule has 3 heterocycles. The summed E-state index contributed by atoms with van der Waals surface area (Å²) < 4.78 is 11.1. The summed E-state index contributed by atoms with van der Waals surface area (Å²) in [5.74, 6) is -1.14. The van der Waals surface area contributed by atoms with E-state index in [2.05, 4.69) is 17.1 Å². The number of hydrogen-bond donors (Lipinski definition) is 2. The predicted molar refractivity (Wildman–Crippen MR) is 152 cm³/mol. The van der Waals surface area contributed by atoms with Crippen molar-refractivity contribution in [3.8, 4) is 22.7 Å². The van der Waals surface area contributed by atoms with Crippen LogP contribution in [0.3, 0.4) is 0 Å². The Labute approximate surface area is 240 Å². The van der Waals surface area contributed by atoms with Crippen molar-refractivity contribution < 1.29 is 19.4 Å². The molecule has 3 aromatic rings. The van der Waals surface area contributed by atoms with Gasteiger partial charge in [-0.3, -0.25) is 0 Å². The van der Waals surface area contributed by atoms with Gasteiger partial charge < -0.3 is 20.3 Å². The van der Waals surface area contributed by atoms with E-state index < -0.39 is 11.9 Å². The van der Waals surface area contributed by atoms with Crippen LogP contribution in [0, 0.1) is 22.7 Å². The molecule has 0 fully saturated rings. The molecule has 1 aromatic carbocycles. The molecule has 0 aliphatic carbocycles. The van der Waals surface area contributed by atoms with Crippen molar-refractivity contribution in [3.63, 3.8) is 0 Å². The zero-order valence-electron chi connectivity index (χ0n) is 21.2. The van der Waals surface area contributed by atoms with E-state index in [1.54, 1.807) is 61.6 Å². The van der Waals surface area contributed by atoms with E-state index in [4.69, 9.17) is 31.9 Å². The first kappa shape index (κ1) is 29.8. The minimum absolute atomic E-state index is 0.0955. The van der Waals surface area contributed by atoms with Crippen LogP contribution in [0.5, 0.6) is 0 Å². The smallest absolute Gasteiger partial charge is 0.338 e. The van der Waals surface area contributed by atoms with E-state index in [-0.39, 0.29) is 41.8 Å². The van der Waals surface area contributed by atoms with Crippen LogP contribution in [0.15, 0.2) is 81.7 Å². The fraction of sp³-hybridized carbons (Fsp3) is 0.214. The fourth-order valence-corrected chi connectivity index (χ4v) is 5.41. The highest BCUT2D eigenvalue weighted by molar-refractivity contribution is 7.99. The van der Waals surface area contributed by atoms with Gasteiger partial charge in [-0.1, -0.05) is 41.6 Å². The molecule has 0 saturated heterocycles. The second-order valence-corrected chi connectivity index (χ2v) is 10.1. The van der Waals surface area contributed by atoms with Crippen LogP contribution in [0.4, 0.5) is 0 Å². The molecule has 1 aliphatic heterocycles. The predicted octanol–water partition coefficient (Wildman–Crippen LogP) is 5.75. The molecule has 2 aromatic heterocycles. The lowest BCUT2D eigenvalue weighted by atomic mass is 9.83. The van der Waals surface area contributed by atoms with Crippen molar-refractivity contribution in [2.24, 2.45) is 5.73 Å². The van der Waals surface area contributed by atoms with Crippen molar-refractivity contribution >= 4 is 40.7 Å². The minimum atomic E-state index is -0.795. The largest absolute Gasteiger partial charge is 0.463 e. The molecule has 11 heteroatoms. The number of esters is 1. The molecule has 0 radical (unpaired) electrons. The number of aliphatic hydroxyl groups excluding tert-OH is 1. The van der Waals surface area contributed by atoms with Crippen LogP contribution < -0.4 is 5.73 Å². The summed E-state index contributed by atoms with van der Waals surface area (Å²) in [6, 6.07) is 18.4. The number of hydrogen-bond acceptors (Lipinski definition) is 10. The number of thiophene rings is 1. The Morgan fingerprint density at radius 2 is 1.92 bits per heavy atom. The zero-order valence-corrected chi connectivity index (χ0v) is 23.6. The normalized spacial score (nSPS) is 14.5. The van der Waals surface area contributed by atoms with E-state index in [1.165, 1.54) is 11.8 Å². The maximum absolute atomic E-state index is 13.1. The van der Waals surface area contributed by atoms with Gasteiger partial charge in [-0.15, -0.1) is 11.3 Å². The summed E-state index contributed by atoms with van der Waals surface area (Å²) in [4.78, 5) is 18.8. The number of benzene rings is 1. The highest BCUT2D eigenvalue weighted by Crippen LogP contribution is 2.41. The number of thioether (sulfide) groups is 1. The van der Waals surface area contributed by atoms with Crippen molar-refractivity contribution in [2.75, 3.05) is 19.0 Å². The number of pyridine rings is 1. The maximum Gasteiger partial charge on any atom is 0.338 e. The Hall–Kier alpha value is -3.80. The molecule has 0 spiro atoms. The van der Waals surface area contributed by atoms with Gasteiger partial charge in [0.15, 0.2) is 0 Å². The van der Waals surface area contributed by atoms with Gasteiger partial charge in [0.25, 0.3) is 0 Å². The van der Waals surface area contributed by atoms with Crippen LogP contribution >= 0.6 is 34.7 Å². The Kier molecular flexibility index (Phi) is 11.0. The quantitative estimate of drug-likeness (QED) is 0.264. The summed E-state index contributed by atoms with van der Waals surface area (Å²) in [6.07, 6.45) is 0. The van der Waals surface area contributed by atoms with Gasteiger partial charge >= 0.3 is 5.97 Å². The molecule has 39 heavy (non-hydrogen) atoms. The van der Waals surface area contributed by atoms with E-state index in [1.807, 2.05) is 17.5 Å².